The van der Waals surface area contributed by atoms with Crippen molar-refractivity contribution in [2.75, 3.05) is 0 Å². The average Bonchev–Trinajstić information content (AvgIpc) is 2.19. The Morgan fingerprint density at radius 1 is 1.38 bits per heavy atom. The van der Waals surface area contributed by atoms with Gasteiger partial charge in [0, 0.05) is 12.6 Å². The first-order chi connectivity index (χ1) is 6.34. The monoisotopic (exact) mass is 175 g/mol. The first kappa shape index (κ1) is 9.52. The molecular weight excluding hydrogens is 162 g/mol. The molecule has 0 aliphatic carbocycles. The van der Waals surface area contributed by atoms with Gasteiger partial charge in [0.15, 0.2) is 0 Å². The largest absolute Gasteiger partial charge is 0.411 e. The third-order valence-corrected chi connectivity index (χ3v) is 1.84. The summed E-state index contributed by atoms with van der Waals surface area (Å²) in [6.07, 6.45) is 4.15. The van der Waals surface area contributed by atoms with E-state index in [1.165, 1.54) is 17.4 Å². The van der Waals surface area contributed by atoms with Crippen LogP contribution in [0.5, 0.6) is 0 Å². The third-order valence-electron chi connectivity index (χ3n) is 1.84. The molecule has 0 amide bonds. The molecule has 0 aliphatic rings. The maximum atomic E-state index is 8.19. The molecule has 0 aromatic heterocycles. The summed E-state index contributed by atoms with van der Waals surface area (Å²) in [4.78, 5) is 0. The van der Waals surface area contributed by atoms with Gasteiger partial charge >= 0.3 is 0 Å². The van der Waals surface area contributed by atoms with E-state index in [1.807, 2.05) is 31.2 Å². The van der Waals surface area contributed by atoms with Crippen LogP contribution in [0.2, 0.25) is 0 Å². The first-order valence-corrected chi connectivity index (χ1v) is 4.22. The Labute approximate surface area is 78.2 Å². The quantitative estimate of drug-likeness (QED) is 0.427. The Morgan fingerprint density at radius 3 is 2.69 bits per heavy atom. The summed E-state index contributed by atoms with van der Waals surface area (Å²) in [5.74, 6) is 0. The molecule has 1 N–H and O–H groups in total. The molecule has 0 radical (unpaired) electrons. The van der Waals surface area contributed by atoms with Crippen LogP contribution in [0.3, 0.4) is 0 Å². The maximum Gasteiger partial charge on any atom is 0.0473 e. The van der Waals surface area contributed by atoms with Crippen molar-refractivity contribution >= 4 is 11.8 Å². The summed E-state index contributed by atoms with van der Waals surface area (Å²) < 4.78 is 0. The first-order valence-electron chi connectivity index (χ1n) is 4.22. The van der Waals surface area contributed by atoms with Gasteiger partial charge in [-0.05, 0) is 18.1 Å². The van der Waals surface area contributed by atoms with Crippen LogP contribution in [0.15, 0.2) is 41.6 Å². The van der Waals surface area contributed by atoms with E-state index in [0.717, 1.165) is 0 Å². The average molecular weight is 175 g/mol. The van der Waals surface area contributed by atoms with Crippen molar-refractivity contribution in [3.05, 3.63) is 42.0 Å². The van der Waals surface area contributed by atoms with Crippen molar-refractivity contribution in [3.63, 3.8) is 0 Å². The third kappa shape index (κ3) is 3.11. The van der Waals surface area contributed by atoms with Crippen LogP contribution in [0, 0.1) is 0 Å². The Bertz CT molecular complexity index is 301. The van der Waals surface area contributed by atoms with Gasteiger partial charge in [-0.3, -0.25) is 0 Å². The minimum atomic E-state index is 0.664. The van der Waals surface area contributed by atoms with Crippen LogP contribution < -0.4 is 0 Å². The molecular formula is C11H13NO. The van der Waals surface area contributed by atoms with Crippen LogP contribution in [-0.2, 0) is 0 Å². The number of allylic oxidation sites excluding steroid dienone is 2. The molecule has 0 aliphatic heterocycles. The number of rotatable bonds is 3. The van der Waals surface area contributed by atoms with Crippen molar-refractivity contribution in [2.24, 2.45) is 5.16 Å². The summed E-state index contributed by atoms with van der Waals surface area (Å²) in [6, 6.07) is 10.1. The SMILES string of the molecule is CC(=CCC=NO)c1ccccc1. The Morgan fingerprint density at radius 2 is 2.08 bits per heavy atom. The summed E-state index contributed by atoms with van der Waals surface area (Å²) >= 11 is 0. The van der Waals surface area contributed by atoms with Crippen LogP contribution in [0.4, 0.5) is 0 Å². The fraction of sp³-hybridized carbons (Fsp3) is 0.182. The number of nitrogens with zero attached hydrogens (tertiary/aromatic N) is 1. The van der Waals surface area contributed by atoms with Crippen molar-refractivity contribution in [1.82, 2.24) is 0 Å². The number of hydrogen-bond donors (Lipinski definition) is 1. The minimum Gasteiger partial charge on any atom is -0.411 e. The lowest BCUT2D eigenvalue weighted by Crippen LogP contribution is -1.78. The van der Waals surface area contributed by atoms with E-state index in [0.29, 0.717) is 6.42 Å². The van der Waals surface area contributed by atoms with E-state index in [4.69, 9.17) is 5.21 Å². The molecule has 68 valence electrons. The normalized spacial score (nSPS) is 12.2. The second-order valence-electron chi connectivity index (χ2n) is 2.79. The number of oxime groups is 1. The van der Waals surface area contributed by atoms with Crippen LogP contribution in [0.25, 0.3) is 5.57 Å². The highest BCUT2D eigenvalue weighted by Crippen LogP contribution is 2.12. The number of benzene rings is 1. The standard InChI is InChI=1S/C11H13NO/c1-10(6-5-9-12-13)11-7-3-2-4-8-11/h2-4,6-9,13H,5H2,1H3. The minimum absolute atomic E-state index is 0.664. The van der Waals surface area contributed by atoms with E-state index >= 15 is 0 Å². The molecule has 0 saturated heterocycles. The van der Waals surface area contributed by atoms with E-state index in [9.17, 15) is 0 Å². The molecule has 0 spiro atoms. The fourth-order valence-electron chi connectivity index (χ4n) is 1.10. The molecule has 13 heavy (non-hydrogen) atoms. The van der Waals surface area contributed by atoms with E-state index in [1.54, 1.807) is 0 Å². The smallest absolute Gasteiger partial charge is 0.0473 e. The van der Waals surface area contributed by atoms with Gasteiger partial charge in [-0.25, -0.2) is 0 Å². The van der Waals surface area contributed by atoms with Gasteiger partial charge in [-0.1, -0.05) is 36.4 Å². The van der Waals surface area contributed by atoms with Gasteiger partial charge in [0.1, 0.15) is 0 Å². The van der Waals surface area contributed by atoms with Gasteiger partial charge in [0.25, 0.3) is 0 Å². The Hall–Kier alpha value is -1.57. The van der Waals surface area contributed by atoms with Gasteiger partial charge in [0.2, 0.25) is 0 Å². The second kappa shape index (κ2) is 5.14. The lowest BCUT2D eigenvalue weighted by atomic mass is 10.1. The topological polar surface area (TPSA) is 32.6 Å². The Balaban J connectivity index is 2.67. The molecule has 1 aromatic carbocycles. The highest BCUT2D eigenvalue weighted by molar-refractivity contribution is 5.68. The number of hydrogen-bond acceptors (Lipinski definition) is 2. The fourth-order valence-corrected chi connectivity index (χ4v) is 1.10. The van der Waals surface area contributed by atoms with Gasteiger partial charge in [-0.15, -0.1) is 5.16 Å². The van der Waals surface area contributed by atoms with E-state index in [-0.39, 0.29) is 0 Å². The zero-order valence-electron chi connectivity index (χ0n) is 7.64. The Kier molecular flexibility index (Phi) is 3.76. The zero-order valence-corrected chi connectivity index (χ0v) is 7.64. The summed E-state index contributed by atoms with van der Waals surface area (Å²) in [7, 11) is 0. The summed E-state index contributed by atoms with van der Waals surface area (Å²) in [6.45, 7) is 2.04. The molecule has 0 unspecified atom stereocenters. The lowest BCUT2D eigenvalue weighted by Gasteiger charge is -1.98. The second-order valence-corrected chi connectivity index (χ2v) is 2.79. The van der Waals surface area contributed by atoms with Crippen molar-refractivity contribution < 1.29 is 5.21 Å². The molecule has 0 saturated carbocycles. The predicted molar refractivity (Wildman–Crippen MR) is 55.0 cm³/mol. The van der Waals surface area contributed by atoms with Crippen LogP contribution >= 0.6 is 0 Å². The molecule has 0 bridgehead atoms. The van der Waals surface area contributed by atoms with Gasteiger partial charge in [-0.2, -0.15) is 0 Å². The molecule has 1 rings (SSSR count). The van der Waals surface area contributed by atoms with Crippen molar-refractivity contribution in [1.29, 1.82) is 0 Å². The van der Waals surface area contributed by atoms with Crippen molar-refractivity contribution in [2.45, 2.75) is 13.3 Å². The lowest BCUT2D eigenvalue weighted by molar-refractivity contribution is 0.321. The van der Waals surface area contributed by atoms with Crippen molar-refractivity contribution in [3.8, 4) is 0 Å². The molecule has 2 heteroatoms. The molecule has 1 aromatic rings. The van der Waals surface area contributed by atoms with Gasteiger partial charge < -0.3 is 5.21 Å². The van der Waals surface area contributed by atoms with E-state index < -0.39 is 0 Å². The maximum absolute atomic E-state index is 8.19. The molecule has 0 fully saturated rings. The van der Waals surface area contributed by atoms with Crippen LogP contribution in [-0.4, -0.2) is 11.4 Å². The zero-order chi connectivity index (χ0) is 9.52. The van der Waals surface area contributed by atoms with Crippen LogP contribution in [0.1, 0.15) is 18.9 Å². The van der Waals surface area contributed by atoms with E-state index in [2.05, 4.69) is 17.3 Å². The predicted octanol–water partition coefficient (Wildman–Crippen LogP) is 2.94. The summed E-state index contributed by atoms with van der Waals surface area (Å²) in [5.41, 5.74) is 2.40. The van der Waals surface area contributed by atoms with Gasteiger partial charge in [0.05, 0.1) is 0 Å². The highest BCUT2D eigenvalue weighted by atomic mass is 16.4. The summed E-state index contributed by atoms with van der Waals surface area (Å²) in [5, 5.41) is 11.1. The highest BCUT2D eigenvalue weighted by Gasteiger charge is 1.91. The molecule has 0 atom stereocenters. The molecule has 2 nitrogen and oxygen atoms in total. The molecule has 0 heterocycles.